The molecule has 22 heavy (non-hydrogen) atoms. The van der Waals surface area contributed by atoms with E-state index in [1.165, 1.54) is 10.4 Å². The van der Waals surface area contributed by atoms with E-state index >= 15 is 0 Å². The summed E-state index contributed by atoms with van der Waals surface area (Å²) >= 11 is 1.54. The summed E-state index contributed by atoms with van der Waals surface area (Å²) in [5.41, 5.74) is 7.70. The van der Waals surface area contributed by atoms with Gasteiger partial charge in [0.15, 0.2) is 10.9 Å². The van der Waals surface area contributed by atoms with Crippen molar-refractivity contribution in [2.45, 2.75) is 26.3 Å². The van der Waals surface area contributed by atoms with Gasteiger partial charge >= 0.3 is 0 Å². The molecule has 3 rings (SSSR count). The monoisotopic (exact) mass is 315 g/mol. The van der Waals surface area contributed by atoms with Crippen LogP contribution < -0.4 is 5.73 Å². The number of rotatable bonds is 4. The number of hydrogen-bond acceptors (Lipinski definition) is 5. The maximum Gasteiger partial charge on any atom is 0.180 e. The van der Waals surface area contributed by atoms with Gasteiger partial charge in [-0.3, -0.25) is 9.69 Å². The first-order valence-corrected chi connectivity index (χ1v) is 8.47. The van der Waals surface area contributed by atoms with Crippen LogP contribution in [-0.4, -0.2) is 28.8 Å². The second-order valence-electron chi connectivity index (χ2n) is 5.95. The van der Waals surface area contributed by atoms with Crippen molar-refractivity contribution in [1.29, 1.82) is 0 Å². The molecular formula is C17H21N3OS. The zero-order valence-electron chi connectivity index (χ0n) is 12.8. The molecule has 1 saturated heterocycles. The molecule has 0 saturated carbocycles. The van der Waals surface area contributed by atoms with Gasteiger partial charge in [-0.05, 0) is 32.9 Å². The summed E-state index contributed by atoms with van der Waals surface area (Å²) in [5, 5.41) is 0.624. The molecular weight excluding hydrogens is 294 g/mol. The number of benzene rings is 1. The zero-order valence-corrected chi connectivity index (χ0v) is 13.6. The standard InChI is InChI=1S/C17H21N3OS/c1-12-2-4-13(5-3-12)16(21)14-6-8-20(9-7-14)11-15-10-19-17(18)22-15/h2-5,10,14H,6-9,11H2,1H3,(H2,18,19). The van der Waals surface area contributed by atoms with Crippen molar-refractivity contribution < 1.29 is 4.79 Å². The first kappa shape index (κ1) is 15.2. The van der Waals surface area contributed by atoms with E-state index in [2.05, 4.69) is 9.88 Å². The Labute approximate surface area is 135 Å². The van der Waals surface area contributed by atoms with Gasteiger partial charge in [-0.1, -0.05) is 29.8 Å². The van der Waals surface area contributed by atoms with Crippen LogP contribution in [-0.2, 0) is 6.54 Å². The van der Waals surface area contributed by atoms with E-state index in [4.69, 9.17) is 5.73 Å². The fourth-order valence-corrected chi connectivity index (χ4v) is 3.65. The highest BCUT2D eigenvalue weighted by molar-refractivity contribution is 7.15. The number of aryl methyl sites for hydroxylation is 1. The number of anilines is 1. The van der Waals surface area contributed by atoms with E-state index in [0.717, 1.165) is 38.0 Å². The quantitative estimate of drug-likeness (QED) is 0.881. The number of thiazole rings is 1. The predicted octanol–water partition coefficient (Wildman–Crippen LogP) is 3.13. The lowest BCUT2D eigenvalue weighted by atomic mass is 9.88. The van der Waals surface area contributed by atoms with Gasteiger partial charge in [0.05, 0.1) is 0 Å². The first-order chi connectivity index (χ1) is 10.6. The highest BCUT2D eigenvalue weighted by Gasteiger charge is 2.25. The summed E-state index contributed by atoms with van der Waals surface area (Å²) < 4.78 is 0. The number of nitrogen functional groups attached to an aromatic ring is 1. The average Bonchev–Trinajstić information content (AvgIpc) is 2.93. The van der Waals surface area contributed by atoms with Crippen molar-refractivity contribution in [3.8, 4) is 0 Å². The molecule has 1 fully saturated rings. The molecule has 2 N–H and O–H groups in total. The number of Topliss-reactive ketones (excluding diaryl/α,β-unsaturated/α-hetero) is 1. The maximum absolute atomic E-state index is 12.5. The number of carbonyl (C=O) groups is 1. The van der Waals surface area contributed by atoms with Crippen molar-refractivity contribution in [3.05, 3.63) is 46.5 Å². The van der Waals surface area contributed by atoms with Crippen molar-refractivity contribution in [3.63, 3.8) is 0 Å². The van der Waals surface area contributed by atoms with Gasteiger partial charge in [0.1, 0.15) is 0 Å². The van der Waals surface area contributed by atoms with Crippen LogP contribution in [0.4, 0.5) is 5.13 Å². The minimum atomic E-state index is 0.158. The molecule has 0 radical (unpaired) electrons. The molecule has 5 heteroatoms. The summed E-state index contributed by atoms with van der Waals surface area (Å²) in [6.07, 6.45) is 3.71. The van der Waals surface area contributed by atoms with E-state index in [9.17, 15) is 4.79 Å². The van der Waals surface area contributed by atoms with Crippen molar-refractivity contribution in [2.75, 3.05) is 18.8 Å². The molecule has 4 nitrogen and oxygen atoms in total. The maximum atomic E-state index is 12.5. The second kappa shape index (κ2) is 6.58. The molecule has 1 aliphatic rings. The van der Waals surface area contributed by atoms with Crippen LogP contribution in [0.3, 0.4) is 0 Å². The Balaban J connectivity index is 1.55. The van der Waals surface area contributed by atoms with Crippen molar-refractivity contribution in [2.24, 2.45) is 5.92 Å². The summed E-state index contributed by atoms with van der Waals surface area (Å²) in [6, 6.07) is 7.92. The van der Waals surface area contributed by atoms with Crippen molar-refractivity contribution in [1.82, 2.24) is 9.88 Å². The zero-order chi connectivity index (χ0) is 15.5. The van der Waals surface area contributed by atoms with E-state index in [0.29, 0.717) is 10.9 Å². The average molecular weight is 315 g/mol. The Hall–Kier alpha value is -1.72. The van der Waals surface area contributed by atoms with Crippen LogP contribution in [0.2, 0.25) is 0 Å². The lowest BCUT2D eigenvalue weighted by Crippen LogP contribution is -2.35. The third kappa shape index (κ3) is 3.54. The Morgan fingerprint density at radius 3 is 2.59 bits per heavy atom. The van der Waals surface area contributed by atoms with E-state index in [-0.39, 0.29) is 5.92 Å². The summed E-state index contributed by atoms with van der Waals surface area (Å²) in [7, 11) is 0. The van der Waals surface area contributed by atoms with Gasteiger partial charge in [-0.2, -0.15) is 0 Å². The van der Waals surface area contributed by atoms with E-state index < -0.39 is 0 Å². The van der Waals surface area contributed by atoms with Crippen molar-refractivity contribution >= 4 is 22.3 Å². The third-order valence-electron chi connectivity index (χ3n) is 4.25. The van der Waals surface area contributed by atoms with Gasteiger partial charge < -0.3 is 5.73 Å². The molecule has 1 aliphatic heterocycles. The third-order valence-corrected chi connectivity index (χ3v) is 5.06. The van der Waals surface area contributed by atoms with Gasteiger partial charge in [0.25, 0.3) is 0 Å². The SMILES string of the molecule is Cc1ccc(C(=O)C2CCN(Cc3cnc(N)s3)CC2)cc1. The minimum absolute atomic E-state index is 0.158. The number of nitrogens with two attached hydrogens (primary N) is 1. The number of aromatic nitrogens is 1. The molecule has 0 bridgehead atoms. The molecule has 116 valence electrons. The molecule has 0 amide bonds. The van der Waals surface area contributed by atoms with Gasteiger partial charge in [0, 0.05) is 29.1 Å². The number of piperidine rings is 1. The summed E-state index contributed by atoms with van der Waals surface area (Å²) in [6.45, 7) is 4.85. The smallest absolute Gasteiger partial charge is 0.180 e. The Kier molecular flexibility index (Phi) is 4.55. The van der Waals surface area contributed by atoms with E-state index in [1.54, 1.807) is 11.3 Å². The largest absolute Gasteiger partial charge is 0.375 e. The fraction of sp³-hybridized carbons (Fsp3) is 0.412. The second-order valence-corrected chi connectivity index (χ2v) is 7.09. The molecule has 0 unspecified atom stereocenters. The number of nitrogens with zero attached hydrogens (tertiary/aromatic N) is 2. The van der Waals surface area contributed by atoms with Crippen LogP contribution in [0, 0.1) is 12.8 Å². The van der Waals surface area contributed by atoms with Crippen LogP contribution in [0.1, 0.15) is 33.6 Å². The predicted molar refractivity (Wildman–Crippen MR) is 90.0 cm³/mol. The number of ketones is 1. The van der Waals surface area contributed by atoms with Crippen LogP contribution in [0.15, 0.2) is 30.5 Å². The molecule has 2 aromatic rings. The topological polar surface area (TPSA) is 59.2 Å². The number of likely N-dealkylation sites (tertiary alicyclic amines) is 1. The van der Waals surface area contributed by atoms with Crippen LogP contribution >= 0.6 is 11.3 Å². The normalized spacial score (nSPS) is 16.8. The molecule has 0 atom stereocenters. The lowest BCUT2D eigenvalue weighted by Gasteiger charge is -2.30. The Morgan fingerprint density at radius 2 is 2.00 bits per heavy atom. The van der Waals surface area contributed by atoms with Gasteiger partial charge in [-0.15, -0.1) is 11.3 Å². The summed E-state index contributed by atoms with van der Waals surface area (Å²) in [4.78, 5) is 20.2. The van der Waals surface area contributed by atoms with Gasteiger partial charge in [-0.25, -0.2) is 4.98 Å². The summed E-state index contributed by atoms with van der Waals surface area (Å²) in [5.74, 6) is 0.451. The molecule has 2 heterocycles. The molecule has 0 spiro atoms. The minimum Gasteiger partial charge on any atom is -0.375 e. The van der Waals surface area contributed by atoms with Crippen LogP contribution in [0.25, 0.3) is 0 Å². The highest BCUT2D eigenvalue weighted by Crippen LogP contribution is 2.24. The number of carbonyl (C=O) groups excluding carboxylic acids is 1. The Morgan fingerprint density at radius 1 is 1.32 bits per heavy atom. The van der Waals surface area contributed by atoms with Crippen LogP contribution in [0.5, 0.6) is 0 Å². The lowest BCUT2D eigenvalue weighted by molar-refractivity contribution is 0.0835. The molecule has 1 aromatic carbocycles. The van der Waals surface area contributed by atoms with Gasteiger partial charge in [0.2, 0.25) is 0 Å². The fourth-order valence-electron chi connectivity index (χ4n) is 2.92. The Bertz CT molecular complexity index is 642. The number of hydrogen-bond donors (Lipinski definition) is 1. The van der Waals surface area contributed by atoms with E-state index in [1.807, 2.05) is 37.4 Å². The molecule has 0 aliphatic carbocycles. The highest BCUT2D eigenvalue weighted by atomic mass is 32.1. The first-order valence-electron chi connectivity index (χ1n) is 7.65. The molecule has 1 aromatic heterocycles.